The summed E-state index contributed by atoms with van der Waals surface area (Å²) >= 11 is 0. The predicted octanol–water partition coefficient (Wildman–Crippen LogP) is 4.67. The number of benzene rings is 2. The van der Waals surface area contributed by atoms with Gasteiger partial charge in [-0.2, -0.15) is 0 Å². The first kappa shape index (κ1) is 22.6. The molecular weight excluding hydrogens is 434 g/mol. The zero-order valence-corrected chi connectivity index (χ0v) is 19.8. The smallest absolute Gasteiger partial charge is 0.273 e. The van der Waals surface area contributed by atoms with Crippen LogP contribution in [0.2, 0.25) is 0 Å². The number of aromatic amines is 1. The molecule has 1 fully saturated rings. The van der Waals surface area contributed by atoms with Crippen LogP contribution in [0.3, 0.4) is 0 Å². The topological polar surface area (TPSA) is 97.7 Å². The van der Waals surface area contributed by atoms with Crippen LogP contribution in [0.1, 0.15) is 50.4 Å². The van der Waals surface area contributed by atoms with Gasteiger partial charge in [-0.25, -0.2) is 0 Å². The van der Waals surface area contributed by atoms with Gasteiger partial charge in [-0.3, -0.25) is 14.9 Å². The zero-order valence-electron chi connectivity index (χ0n) is 19.8. The van der Waals surface area contributed by atoms with Crippen LogP contribution in [0.4, 0.5) is 5.69 Å². The maximum Gasteiger partial charge on any atom is 0.273 e. The highest BCUT2D eigenvalue weighted by Gasteiger charge is 2.53. The molecule has 0 unspecified atom stereocenters. The summed E-state index contributed by atoms with van der Waals surface area (Å²) < 4.78 is 12.7. The van der Waals surface area contributed by atoms with Crippen LogP contribution in [0.5, 0.6) is 0 Å². The number of ether oxygens (including phenoxy) is 2. The first-order chi connectivity index (χ1) is 16.1. The van der Waals surface area contributed by atoms with E-state index in [2.05, 4.69) is 4.98 Å². The second kappa shape index (κ2) is 7.92. The van der Waals surface area contributed by atoms with E-state index in [4.69, 9.17) is 9.47 Å². The molecule has 0 spiro atoms. The molecule has 2 aromatic carbocycles. The van der Waals surface area contributed by atoms with E-state index in [1.807, 2.05) is 57.0 Å². The summed E-state index contributed by atoms with van der Waals surface area (Å²) in [7, 11) is 0. The molecule has 2 atom stereocenters. The van der Waals surface area contributed by atoms with Gasteiger partial charge < -0.3 is 19.4 Å². The first-order valence-corrected chi connectivity index (χ1v) is 11.6. The third-order valence-corrected chi connectivity index (χ3v) is 6.84. The Balaban J connectivity index is 1.61. The average Bonchev–Trinajstić information content (AvgIpc) is 3.21. The van der Waals surface area contributed by atoms with Crippen molar-refractivity contribution < 1.29 is 19.2 Å². The largest absolute Gasteiger partial charge is 0.361 e. The highest BCUT2D eigenvalue weighted by atomic mass is 16.8. The van der Waals surface area contributed by atoms with Gasteiger partial charge in [0.05, 0.1) is 23.0 Å². The Morgan fingerprint density at radius 1 is 1.18 bits per heavy atom. The van der Waals surface area contributed by atoms with E-state index in [9.17, 15) is 14.9 Å². The molecule has 0 saturated carbocycles. The SMILES string of the molecule is CC1(C)O[C@@H]([C@@H]2c3cccc4[nH]cc(c34)CCN2C(=O)Cc2ccccc2[N+](=O)[O-])C(C)(C)O1. The lowest BCUT2D eigenvalue weighted by atomic mass is 9.87. The summed E-state index contributed by atoms with van der Waals surface area (Å²) in [6.45, 7) is 8.21. The van der Waals surface area contributed by atoms with Gasteiger partial charge in [-0.1, -0.05) is 30.3 Å². The van der Waals surface area contributed by atoms with Gasteiger partial charge in [-0.15, -0.1) is 0 Å². The Morgan fingerprint density at radius 3 is 2.65 bits per heavy atom. The molecule has 1 aromatic heterocycles. The molecule has 0 radical (unpaired) electrons. The summed E-state index contributed by atoms with van der Waals surface area (Å²) in [5.41, 5.74) is 2.87. The molecule has 2 aliphatic rings. The summed E-state index contributed by atoms with van der Waals surface area (Å²) in [6.07, 6.45) is 2.19. The van der Waals surface area contributed by atoms with Crippen molar-refractivity contribution in [2.45, 2.75) is 64.1 Å². The summed E-state index contributed by atoms with van der Waals surface area (Å²) in [4.78, 5) is 30.1. The van der Waals surface area contributed by atoms with Crippen molar-refractivity contribution in [1.29, 1.82) is 0 Å². The van der Waals surface area contributed by atoms with Crippen molar-refractivity contribution in [3.8, 4) is 0 Å². The Hall–Kier alpha value is -3.23. The molecule has 5 rings (SSSR count). The molecule has 1 saturated heterocycles. The predicted molar refractivity (Wildman–Crippen MR) is 127 cm³/mol. The Bertz CT molecular complexity index is 1280. The number of nitro groups is 1. The quantitative estimate of drug-likeness (QED) is 0.448. The fraction of sp³-hybridized carbons (Fsp3) is 0.423. The number of carbonyl (C=O) groups is 1. The van der Waals surface area contributed by atoms with Gasteiger partial charge in [0.2, 0.25) is 5.91 Å². The minimum Gasteiger partial charge on any atom is -0.361 e. The first-order valence-electron chi connectivity index (χ1n) is 11.6. The maximum atomic E-state index is 13.8. The number of H-pyrrole nitrogens is 1. The lowest BCUT2D eigenvalue weighted by Gasteiger charge is -2.38. The molecule has 1 amide bonds. The van der Waals surface area contributed by atoms with Crippen molar-refractivity contribution in [3.05, 3.63) is 75.5 Å². The van der Waals surface area contributed by atoms with Crippen molar-refractivity contribution in [3.63, 3.8) is 0 Å². The van der Waals surface area contributed by atoms with Crippen LogP contribution in [0, 0.1) is 10.1 Å². The van der Waals surface area contributed by atoms with Gasteiger partial charge in [0, 0.05) is 35.3 Å². The number of nitro benzene ring substituents is 1. The lowest BCUT2D eigenvalue weighted by Crippen LogP contribution is -2.48. The minimum absolute atomic E-state index is 0.0438. The van der Waals surface area contributed by atoms with E-state index in [1.165, 1.54) is 6.07 Å². The molecule has 178 valence electrons. The third kappa shape index (κ3) is 3.76. The zero-order chi connectivity index (χ0) is 24.3. The standard InChI is InChI=1S/C26H29N3O5/c1-25(2)24(33-26(3,4)34-25)23-18-9-7-10-19-22(18)17(15-27-19)12-13-28(23)21(30)14-16-8-5-6-11-20(16)29(31)32/h5-11,15,23-24,27H,12-14H2,1-4H3/t23-,24-/m0/s1. The van der Waals surface area contributed by atoms with E-state index in [-0.39, 0.29) is 18.0 Å². The minimum atomic E-state index is -0.803. The normalized spacial score (nSPS) is 23.1. The molecule has 8 heteroatoms. The van der Waals surface area contributed by atoms with E-state index in [0.29, 0.717) is 18.5 Å². The molecule has 3 aromatic rings. The van der Waals surface area contributed by atoms with Crippen LogP contribution < -0.4 is 0 Å². The highest BCUT2D eigenvalue weighted by Crippen LogP contribution is 2.47. The van der Waals surface area contributed by atoms with E-state index >= 15 is 0 Å². The molecule has 0 bridgehead atoms. The number of nitrogens with zero attached hydrogens (tertiary/aromatic N) is 2. The van der Waals surface area contributed by atoms with Crippen molar-refractivity contribution >= 4 is 22.5 Å². The van der Waals surface area contributed by atoms with Gasteiger partial charge in [0.15, 0.2) is 5.79 Å². The van der Waals surface area contributed by atoms with Crippen LogP contribution in [-0.4, -0.2) is 44.8 Å². The number of aromatic nitrogens is 1. The van der Waals surface area contributed by atoms with Gasteiger partial charge >= 0.3 is 0 Å². The van der Waals surface area contributed by atoms with Crippen LogP contribution in [0.25, 0.3) is 10.9 Å². The number of hydrogen-bond acceptors (Lipinski definition) is 5. The Morgan fingerprint density at radius 2 is 1.94 bits per heavy atom. The second-order valence-electron chi connectivity index (χ2n) is 10.1. The second-order valence-corrected chi connectivity index (χ2v) is 10.1. The van der Waals surface area contributed by atoms with Crippen molar-refractivity contribution in [2.24, 2.45) is 0 Å². The van der Waals surface area contributed by atoms with E-state index in [1.54, 1.807) is 18.2 Å². The summed E-state index contributed by atoms with van der Waals surface area (Å²) in [6, 6.07) is 12.1. The number of nitrogens with one attached hydrogen (secondary N) is 1. The van der Waals surface area contributed by atoms with Gasteiger partial charge in [-0.05, 0) is 51.3 Å². The van der Waals surface area contributed by atoms with Crippen molar-refractivity contribution in [1.82, 2.24) is 9.88 Å². The molecule has 8 nitrogen and oxygen atoms in total. The van der Waals surface area contributed by atoms with Crippen LogP contribution in [-0.2, 0) is 27.1 Å². The number of carbonyl (C=O) groups excluding carboxylic acids is 1. The van der Waals surface area contributed by atoms with Crippen molar-refractivity contribution in [2.75, 3.05) is 6.54 Å². The fourth-order valence-corrected chi connectivity index (χ4v) is 5.59. The Labute approximate surface area is 198 Å². The number of hydrogen-bond donors (Lipinski definition) is 1. The molecule has 34 heavy (non-hydrogen) atoms. The third-order valence-electron chi connectivity index (χ3n) is 6.84. The number of para-hydroxylation sites is 1. The molecule has 1 N–H and O–H groups in total. The summed E-state index contributed by atoms with van der Waals surface area (Å²) in [5, 5.41) is 12.7. The van der Waals surface area contributed by atoms with Crippen LogP contribution in [0.15, 0.2) is 48.7 Å². The fourth-order valence-electron chi connectivity index (χ4n) is 5.59. The number of amides is 1. The van der Waals surface area contributed by atoms with E-state index < -0.39 is 28.5 Å². The summed E-state index contributed by atoms with van der Waals surface area (Å²) in [5.74, 6) is -0.975. The average molecular weight is 464 g/mol. The molecular formula is C26H29N3O5. The van der Waals surface area contributed by atoms with Gasteiger partial charge in [0.1, 0.15) is 6.10 Å². The molecule has 0 aliphatic carbocycles. The van der Waals surface area contributed by atoms with Gasteiger partial charge in [0.25, 0.3) is 5.69 Å². The number of rotatable bonds is 4. The maximum absolute atomic E-state index is 13.8. The molecule has 3 heterocycles. The monoisotopic (exact) mass is 463 g/mol. The van der Waals surface area contributed by atoms with E-state index in [0.717, 1.165) is 22.0 Å². The highest BCUT2D eigenvalue weighted by molar-refractivity contribution is 5.89. The Kier molecular flexibility index (Phi) is 5.26. The lowest BCUT2D eigenvalue weighted by molar-refractivity contribution is -0.385. The van der Waals surface area contributed by atoms with Crippen LogP contribution >= 0.6 is 0 Å². The molecule has 2 aliphatic heterocycles.